The normalized spacial score (nSPS) is 25.2. The Kier molecular flexibility index (Phi) is 6.16. The van der Waals surface area contributed by atoms with Gasteiger partial charge in [-0.2, -0.15) is 11.8 Å². The van der Waals surface area contributed by atoms with Gasteiger partial charge in [-0.25, -0.2) is 0 Å². The van der Waals surface area contributed by atoms with Gasteiger partial charge in [0, 0.05) is 17.5 Å². The summed E-state index contributed by atoms with van der Waals surface area (Å²) in [4.78, 5) is 2.68. The van der Waals surface area contributed by atoms with Crippen molar-refractivity contribution in [2.75, 3.05) is 38.5 Å². The molecule has 2 heterocycles. The molecule has 0 aromatic carbocycles. The minimum atomic E-state index is 0.935. The second-order valence-electron chi connectivity index (χ2n) is 5.51. The number of hydrogen-bond donors (Lipinski definition) is 1. The number of hydrogen-bond acceptors (Lipinski definition) is 3. The summed E-state index contributed by atoms with van der Waals surface area (Å²) in [6.07, 6.45) is 7.02. The SMILES string of the molecule is CCC1CCN(CCSC2CCNCC2)CC1. The molecular weight excluding hydrogens is 228 g/mol. The molecule has 2 rings (SSSR count). The molecule has 2 nitrogen and oxygen atoms in total. The van der Waals surface area contributed by atoms with Crippen LogP contribution in [0.15, 0.2) is 0 Å². The van der Waals surface area contributed by atoms with Crippen LogP contribution in [0, 0.1) is 5.92 Å². The molecule has 0 radical (unpaired) electrons. The zero-order valence-electron chi connectivity index (χ0n) is 11.3. The predicted octanol–water partition coefficient (Wildman–Crippen LogP) is 2.59. The number of thioether (sulfide) groups is 1. The van der Waals surface area contributed by atoms with Crippen LogP contribution in [0.2, 0.25) is 0 Å². The van der Waals surface area contributed by atoms with Crippen LogP contribution < -0.4 is 5.32 Å². The van der Waals surface area contributed by atoms with Crippen LogP contribution >= 0.6 is 11.8 Å². The average Bonchev–Trinajstić information content (AvgIpc) is 2.41. The van der Waals surface area contributed by atoms with E-state index in [2.05, 4.69) is 28.9 Å². The van der Waals surface area contributed by atoms with Gasteiger partial charge in [0.1, 0.15) is 0 Å². The summed E-state index contributed by atoms with van der Waals surface area (Å²) < 4.78 is 0. The van der Waals surface area contributed by atoms with Crippen molar-refractivity contribution in [2.45, 2.75) is 44.3 Å². The van der Waals surface area contributed by atoms with E-state index in [-0.39, 0.29) is 0 Å². The van der Waals surface area contributed by atoms with Gasteiger partial charge in [-0.1, -0.05) is 13.3 Å². The molecular formula is C14H28N2S. The highest BCUT2D eigenvalue weighted by Gasteiger charge is 2.18. The average molecular weight is 256 g/mol. The van der Waals surface area contributed by atoms with Crippen molar-refractivity contribution in [3.8, 4) is 0 Å². The second-order valence-corrected chi connectivity index (χ2v) is 6.92. The summed E-state index contributed by atoms with van der Waals surface area (Å²) in [7, 11) is 0. The van der Waals surface area contributed by atoms with Crippen LogP contribution in [0.1, 0.15) is 39.0 Å². The first-order valence-corrected chi connectivity index (χ1v) is 8.48. The van der Waals surface area contributed by atoms with E-state index in [1.807, 2.05) is 0 Å². The molecule has 2 saturated heterocycles. The highest BCUT2D eigenvalue weighted by molar-refractivity contribution is 7.99. The topological polar surface area (TPSA) is 15.3 Å². The Bertz CT molecular complexity index is 196. The van der Waals surface area contributed by atoms with Crippen molar-refractivity contribution in [1.82, 2.24) is 10.2 Å². The first kappa shape index (κ1) is 13.7. The van der Waals surface area contributed by atoms with Gasteiger partial charge in [0.05, 0.1) is 0 Å². The standard InChI is InChI=1S/C14H28N2S/c1-2-13-5-9-16(10-6-13)11-12-17-14-3-7-15-8-4-14/h13-15H,2-12H2,1H3. The fourth-order valence-corrected chi connectivity index (χ4v) is 4.19. The lowest BCUT2D eigenvalue weighted by Gasteiger charge is -2.32. The molecule has 3 heteroatoms. The van der Waals surface area contributed by atoms with Crippen LogP contribution in [0.3, 0.4) is 0 Å². The number of piperidine rings is 2. The van der Waals surface area contributed by atoms with Gasteiger partial charge in [-0.05, 0) is 57.8 Å². The molecule has 2 aliphatic rings. The summed E-state index contributed by atoms with van der Waals surface area (Å²) in [6, 6.07) is 0. The van der Waals surface area contributed by atoms with Crippen molar-refractivity contribution in [1.29, 1.82) is 0 Å². The lowest BCUT2D eigenvalue weighted by Crippen LogP contribution is -2.35. The lowest BCUT2D eigenvalue weighted by molar-refractivity contribution is 0.191. The molecule has 0 saturated carbocycles. The van der Waals surface area contributed by atoms with Crippen molar-refractivity contribution >= 4 is 11.8 Å². The second kappa shape index (κ2) is 7.65. The number of likely N-dealkylation sites (tertiary alicyclic amines) is 1. The first-order valence-electron chi connectivity index (χ1n) is 7.43. The molecule has 0 aromatic heterocycles. The van der Waals surface area contributed by atoms with Crippen molar-refractivity contribution < 1.29 is 0 Å². The highest BCUT2D eigenvalue weighted by atomic mass is 32.2. The third-order valence-corrected chi connectivity index (χ3v) is 5.69. The third kappa shape index (κ3) is 4.80. The number of nitrogens with one attached hydrogen (secondary N) is 1. The summed E-state index contributed by atoms with van der Waals surface area (Å²) in [6.45, 7) is 8.84. The Balaban J connectivity index is 1.53. The predicted molar refractivity (Wildman–Crippen MR) is 77.8 cm³/mol. The zero-order valence-corrected chi connectivity index (χ0v) is 12.1. The molecule has 2 fully saturated rings. The quantitative estimate of drug-likeness (QED) is 0.814. The van der Waals surface area contributed by atoms with Crippen molar-refractivity contribution in [2.24, 2.45) is 5.92 Å². The Hall–Kier alpha value is 0.270. The van der Waals surface area contributed by atoms with Gasteiger partial charge in [0.15, 0.2) is 0 Å². The maximum atomic E-state index is 3.44. The van der Waals surface area contributed by atoms with Gasteiger partial charge in [0.25, 0.3) is 0 Å². The Morgan fingerprint density at radius 1 is 1.12 bits per heavy atom. The number of nitrogens with zero attached hydrogens (tertiary/aromatic N) is 1. The summed E-state index contributed by atoms with van der Waals surface area (Å²) in [5, 5.41) is 4.38. The van der Waals surface area contributed by atoms with Crippen LogP contribution in [-0.2, 0) is 0 Å². The smallest absolute Gasteiger partial charge is 0.00724 e. The number of rotatable bonds is 5. The molecule has 0 unspecified atom stereocenters. The fourth-order valence-electron chi connectivity index (χ4n) is 2.93. The van der Waals surface area contributed by atoms with E-state index in [0.29, 0.717) is 0 Å². The van der Waals surface area contributed by atoms with Crippen LogP contribution in [0.5, 0.6) is 0 Å². The zero-order chi connectivity index (χ0) is 11.9. The summed E-state index contributed by atoms with van der Waals surface area (Å²) in [5.74, 6) is 2.37. The molecule has 0 aliphatic carbocycles. The van der Waals surface area contributed by atoms with E-state index >= 15 is 0 Å². The molecule has 0 bridgehead atoms. The minimum Gasteiger partial charge on any atom is -0.317 e. The molecule has 0 aromatic rings. The molecule has 0 atom stereocenters. The van der Waals surface area contributed by atoms with Gasteiger partial charge in [-0.3, -0.25) is 0 Å². The van der Waals surface area contributed by atoms with Gasteiger partial charge >= 0.3 is 0 Å². The molecule has 100 valence electrons. The van der Waals surface area contributed by atoms with Crippen molar-refractivity contribution in [3.05, 3.63) is 0 Å². The summed E-state index contributed by atoms with van der Waals surface area (Å²) in [5.41, 5.74) is 0. The van der Waals surface area contributed by atoms with Crippen LogP contribution in [0.25, 0.3) is 0 Å². The molecule has 17 heavy (non-hydrogen) atoms. The highest BCUT2D eigenvalue weighted by Crippen LogP contribution is 2.22. The van der Waals surface area contributed by atoms with E-state index < -0.39 is 0 Å². The first-order chi connectivity index (χ1) is 8.38. The van der Waals surface area contributed by atoms with Crippen LogP contribution in [0.4, 0.5) is 0 Å². The third-order valence-electron chi connectivity index (χ3n) is 4.33. The fraction of sp³-hybridized carbons (Fsp3) is 1.00. The van der Waals surface area contributed by atoms with Gasteiger partial charge in [-0.15, -0.1) is 0 Å². The lowest BCUT2D eigenvalue weighted by atomic mass is 9.94. The Morgan fingerprint density at radius 3 is 2.47 bits per heavy atom. The molecule has 1 N–H and O–H groups in total. The van der Waals surface area contributed by atoms with E-state index in [1.54, 1.807) is 0 Å². The van der Waals surface area contributed by atoms with Crippen LogP contribution in [-0.4, -0.2) is 48.6 Å². The maximum absolute atomic E-state index is 3.44. The minimum absolute atomic E-state index is 0.935. The van der Waals surface area contributed by atoms with E-state index in [4.69, 9.17) is 0 Å². The van der Waals surface area contributed by atoms with Gasteiger partial charge < -0.3 is 10.2 Å². The largest absolute Gasteiger partial charge is 0.317 e. The van der Waals surface area contributed by atoms with Gasteiger partial charge in [0.2, 0.25) is 0 Å². The maximum Gasteiger partial charge on any atom is 0.00724 e. The Morgan fingerprint density at radius 2 is 1.82 bits per heavy atom. The Labute approximate surface area is 111 Å². The molecule has 2 aliphatic heterocycles. The summed E-state index contributed by atoms with van der Waals surface area (Å²) >= 11 is 2.22. The van der Waals surface area contributed by atoms with E-state index in [1.165, 1.54) is 70.6 Å². The van der Waals surface area contributed by atoms with E-state index in [9.17, 15) is 0 Å². The molecule has 0 amide bonds. The monoisotopic (exact) mass is 256 g/mol. The molecule has 0 spiro atoms. The van der Waals surface area contributed by atoms with Crippen molar-refractivity contribution in [3.63, 3.8) is 0 Å². The van der Waals surface area contributed by atoms with E-state index in [0.717, 1.165) is 11.2 Å².